The van der Waals surface area contributed by atoms with Crippen LogP contribution in [0.5, 0.6) is 0 Å². The first kappa shape index (κ1) is 15.3. The first-order valence-electron chi connectivity index (χ1n) is 7.04. The molecule has 0 saturated carbocycles. The van der Waals surface area contributed by atoms with Gasteiger partial charge in [0, 0.05) is 35.8 Å². The third-order valence-electron chi connectivity index (χ3n) is 3.41. The van der Waals surface area contributed by atoms with Crippen molar-refractivity contribution in [3.8, 4) is 11.3 Å². The molecule has 0 aliphatic carbocycles. The van der Waals surface area contributed by atoms with E-state index in [2.05, 4.69) is 10.3 Å². The van der Waals surface area contributed by atoms with Crippen LogP contribution in [0.2, 0.25) is 0 Å². The quantitative estimate of drug-likeness (QED) is 0.777. The maximum atomic E-state index is 11.5. The van der Waals surface area contributed by atoms with E-state index in [1.54, 1.807) is 43.0 Å². The molecular weight excluding hydrogens is 312 g/mol. The summed E-state index contributed by atoms with van der Waals surface area (Å²) < 4.78 is 28.0. The lowest BCUT2D eigenvalue weighted by Gasteiger charge is -2.07. The molecule has 0 saturated heterocycles. The summed E-state index contributed by atoms with van der Waals surface area (Å²) in [5, 5.41) is 3.30. The zero-order valence-electron chi connectivity index (χ0n) is 12.6. The van der Waals surface area contributed by atoms with Crippen LogP contribution in [-0.4, -0.2) is 19.7 Å². The lowest BCUT2D eigenvalue weighted by Crippen LogP contribution is -1.99. The largest absolute Gasteiger partial charge is 0.472 e. The van der Waals surface area contributed by atoms with Crippen LogP contribution in [0.3, 0.4) is 0 Å². The number of aromatic nitrogens is 1. The Labute approximate surface area is 134 Å². The van der Waals surface area contributed by atoms with E-state index in [0.29, 0.717) is 11.4 Å². The standard InChI is InChI=1S/C17H16N2O3S/c1-23(20,21)16-4-2-14(3-5-16)17-10-15(6-8-18-17)19-11-13-7-9-22-12-13/h2-10,12H,11H2,1H3,(H,18,19). The number of benzene rings is 1. The monoisotopic (exact) mass is 328 g/mol. The topological polar surface area (TPSA) is 72.2 Å². The molecule has 0 aliphatic rings. The molecule has 1 aromatic carbocycles. The molecule has 0 bridgehead atoms. The number of hydrogen-bond acceptors (Lipinski definition) is 5. The molecule has 0 atom stereocenters. The maximum Gasteiger partial charge on any atom is 0.175 e. The summed E-state index contributed by atoms with van der Waals surface area (Å²) in [5.41, 5.74) is 3.64. The molecule has 2 heterocycles. The van der Waals surface area contributed by atoms with Crippen LogP contribution in [0.1, 0.15) is 5.56 Å². The minimum absolute atomic E-state index is 0.301. The van der Waals surface area contributed by atoms with Crippen molar-refractivity contribution in [2.24, 2.45) is 0 Å². The molecule has 3 rings (SSSR count). The van der Waals surface area contributed by atoms with Gasteiger partial charge in [-0.15, -0.1) is 0 Å². The second-order valence-corrected chi connectivity index (χ2v) is 7.23. The zero-order chi connectivity index (χ0) is 16.3. The molecule has 0 spiro atoms. The van der Waals surface area contributed by atoms with Crippen LogP contribution in [0.4, 0.5) is 5.69 Å². The molecule has 6 heteroatoms. The lowest BCUT2D eigenvalue weighted by molar-refractivity contribution is 0.564. The van der Waals surface area contributed by atoms with E-state index in [4.69, 9.17) is 4.42 Å². The van der Waals surface area contributed by atoms with Crippen molar-refractivity contribution in [3.05, 3.63) is 66.8 Å². The number of nitrogens with zero attached hydrogens (tertiary/aromatic N) is 1. The van der Waals surface area contributed by atoms with Crippen LogP contribution < -0.4 is 5.32 Å². The van der Waals surface area contributed by atoms with Gasteiger partial charge in [0.25, 0.3) is 0 Å². The molecule has 5 nitrogen and oxygen atoms in total. The van der Waals surface area contributed by atoms with E-state index in [1.165, 1.54) is 6.26 Å². The smallest absolute Gasteiger partial charge is 0.175 e. The van der Waals surface area contributed by atoms with Gasteiger partial charge in [-0.2, -0.15) is 0 Å². The van der Waals surface area contributed by atoms with Crippen LogP contribution >= 0.6 is 0 Å². The van der Waals surface area contributed by atoms with Gasteiger partial charge in [-0.1, -0.05) is 12.1 Å². The van der Waals surface area contributed by atoms with Gasteiger partial charge >= 0.3 is 0 Å². The molecule has 23 heavy (non-hydrogen) atoms. The molecule has 0 fully saturated rings. The van der Waals surface area contributed by atoms with Crippen molar-refractivity contribution < 1.29 is 12.8 Å². The number of anilines is 1. The Morgan fingerprint density at radius 1 is 1.13 bits per heavy atom. The first-order valence-corrected chi connectivity index (χ1v) is 8.93. The Balaban J connectivity index is 1.79. The Bertz CT molecular complexity index is 886. The third kappa shape index (κ3) is 3.78. The summed E-state index contributed by atoms with van der Waals surface area (Å²) in [6, 6.07) is 12.4. The highest BCUT2D eigenvalue weighted by Gasteiger charge is 2.07. The van der Waals surface area contributed by atoms with E-state index in [-0.39, 0.29) is 0 Å². The molecule has 0 amide bonds. The van der Waals surface area contributed by atoms with E-state index in [0.717, 1.165) is 22.5 Å². The van der Waals surface area contributed by atoms with Crippen LogP contribution in [0.25, 0.3) is 11.3 Å². The summed E-state index contributed by atoms with van der Waals surface area (Å²) in [6.45, 7) is 0.660. The van der Waals surface area contributed by atoms with E-state index in [1.807, 2.05) is 18.2 Å². The molecule has 0 radical (unpaired) electrons. The maximum absolute atomic E-state index is 11.5. The second kappa shape index (κ2) is 6.26. The number of rotatable bonds is 5. The van der Waals surface area contributed by atoms with Crippen molar-refractivity contribution in [2.75, 3.05) is 11.6 Å². The molecular formula is C17H16N2O3S. The number of nitrogens with one attached hydrogen (secondary N) is 1. The predicted molar refractivity (Wildman–Crippen MR) is 88.8 cm³/mol. The minimum atomic E-state index is -3.19. The van der Waals surface area contributed by atoms with Gasteiger partial charge in [-0.05, 0) is 30.3 Å². The highest BCUT2D eigenvalue weighted by molar-refractivity contribution is 7.90. The van der Waals surface area contributed by atoms with Gasteiger partial charge in [-0.25, -0.2) is 8.42 Å². The average molecular weight is 328 g/mol. The van der Waals surface area contributed by atoms with Crippen molar-refractivity contribution >= 4 is 15.5 Å². The summed E-state index contributed by atoms with van der Waals surface area (Å²) in [7, 11) is -3.19. The van der Waals surface area contributed by atoms with Gasteiger partial charge in [0.05, 0.1) is 23.1 Å². The molecule has 1 N–H and O–H groups in total. The molecule has 118 valence electrons. The van der Waals surface area contributed by atoms with Crippen LogP contribution in [0.15, 0.2) is 70.5 Å². The van der Waals surface area contributed by atoms with Gasteiger partial charge in [-0.3, -0.25) is 4.98 Å². The molecule has 0 unspecified atom stereocenters. The van der Waals surface area contributed by atoms with Crippen molar-refractivity contribution in [2.45, 2.75) is 11.4 Å². The number of sulfone groups is 1. The Kier molecular flexibility index (Phi) is 4.16. The number of furan rings is 1. The summed E-state index contributed by atoms with van der Waals surface area (Å²) in [6.07, 6.45) is 6.25. The Hall–Kier alpha value is -2.60. The van der Waals surface area contributed by atoms with Crippen molar-refractivity contribution in [3.63, 3.8) is 0 Å². The SMILES string of the molecule is CS(=O)(=O)c1ccc(-c2cc(NCc3ccoc3)ccn2)cc1. The summed E-state index contributed by atoms with van der Waals surface area (Å²) in [5.74, 6) is 0. The second-order valence-electron chi connectivity index (χ2n) is 5.21. The average Bonchev–Trinajstić information content (AvgIpc) is 3.06. The third-order valence-corrected chi connectivity index (χ3v) is 4.54. The number of pyridine rings is 1. The molecule has 3 aromatic rings. The highest BCUT2D eigenvalue weighted by atomic mass is 32.2. The lowest BCUT2D eigenvalue weighted by atomic mass is 10.1. The van der Waals surface area contributed by atoms with E-state index >= 15 is 0 Å². The first-order chi connectivity index (χ1) is 11.0. The van der Waals surface area contributed by atoms with Gasteiger partial charge in [0.2, 0.25) is 0 Å². The van der Waals surface area contributed by atoms with Gasteiger partial charge in [0.1, 0.15) is 0 Å². The van der Waals surface area contributed by atoms with E-state index < -0.39 is 9.84 Å². The zero-order valence-corrected chi connectivity index (χ0v) is 13.4. The van der Waals surface area contributed by atoms with Crippen LogP contribution in [-0.2, 0) is 16.4 Å². The Morgan fingerprint density at radius 3 is 2.57 bits per heavy atom. The predicted octanol–water partition coefficient (Wildman–Crippen LogP) is 3.36. The van der Waals surface area contributed by atoms with Crippen LogP contribution in [0, 0.1) is 0 Å². The Morgan fingerprint density at radius 2 is 1.91 bits per heavy atom. The van der Waals surface area contributed by atoms with E-state index in [9.17, 15) is 8.42 Å². The summed E-state index contributed by atoms with van der Waals surface area (Å²) >= 11 is 0. The van der Waals surface area contributed by atoms with Gasteiger partial charge < -0.3 is 9.73 Å². The molecule has 2 aromatic heterocycles. The van der Waals surface area contributed by atoms with Crippen molar-refractivity contribution in [1.82, 2.24) is 4.98 Å². The minimum Gasteiger partial charge on any atom is -0.472 e. The van der Waals surface area contributed by atoms with Crippen molar-refractivity contribution in [1.29, 1.82) is 0 Å². The fourth-order valence-electron chi connectivity index (χ4n) is 2.17. The fourth-order valence-corrected chi connectivity index (χ4v) is 2.80. The summed E-state index contributed by atoms with van der Waals surface area (Å²) in [4.78, 5) is 4.64. The molecule has 0 aliphatic heterocycles. The van der Waals surface area contributed by atoms with Gasteiger partial charge in [0.15, 0.2) is 9.84 Å². The fraction of sp³-hybridized carbons (Fsp3) is 0.118. The number of hydrogen-bond donors (Lipinski definition) is 1. The highest BCUT2D eigenvalue weighted by Crippen LogP contribution is 2.22. The normalized spacial score (nSPS) is 11.3.